The van der Waals surface area contributed by atoms with Crippen molar-refractivity contribution in [2.24, 2.45) is 0 Å². The number of rotatable bonds is 4. The summed E-state index contributed by atoms with van der Waals surface area (Å²) in [7, 11) is 0. The zero-order chi connectivity index (χ0) is 18.2. The first-order valence-corrected chi connectivity index (χ1v) is 7.66. The summed E-state index contributed by atoms with van der Waals surface area (Å²) >= 11 is 0. The Morgan fingerprint density at radius 1 is 1.08 bits per heavy atom. The van der Waals surface area contributed by atoms with E-state index in [0.29, 0.717) is 5.56 Å². The molecule has 2 aromatic rings. The van der Waals surface area contributed by atoms with Crippen molar-refractivity contribution in [3.63, 3.8) is 0 Å². The molecule has 2 atom stereocenters. The number of halogens is 2. The molecule has 3 rings (SSSR count). The lowest BCUT2D eigenvalue weighted by molar-refractivity contribution is -0.132. The Bertz CT molecular complexity index is 808. The maximum Gasteiger partial charge on any atom is 0.325 e. The maximum atomic E-state index is 13.8. The molecule has 130 valence electrons. The summed E-state index contributed by atoms with van der Waals surface area (Å²) in [5.41, 5.74) is -1.30. The molecule has 1 heterocycles. The molecule has 1 aliphatic rings. The van der Waals surface area contributed by atoms with E-state index in [9.17, 15) is 23.5 Å². The van der Waals surface area contributed by atoms with Gasteiger partial charge >= 0.3 is 6.03 Å². The molecule has 3 amide bonds. The van der Waals surface area contributed by atoms with Gasteiger partial charge in [-0.25, -0.2) is 13.6 Å². The Balaban J connectivity index is 1.87. The van der Waals surface area contributed by atoms with Crippen molar-refractivity contribution in [3.8, 4) is 0 Å². The summed E-state index contributed by atoms with van der Waals surface area (Å²) in [6.07, 6.45) is -1.67. The lowest BCUT2D eigenvalue weighted by atomic mass is 9.92. The largest absolute Gasteiger partial charge is 0.386 e. The van der Waals surface area contributed by atoms with Gasteiger partial charge in [0.25, 0.3) is 5.91 Å². The molecule has 25 heavy (non-hydrogen) atoms. The number of hydrogen-bond donors (Lipinski definition) is 2. The van der Waals surface area contributed by atoms with Crippen LogP contribution in [0.1, 0.15) is 24.2 Å². The SMILES string of the molecule is CC1(c2ccccc2)NC(=O)N(CC(O)c2c(F)cccc2F)C1=O. The predicted molar refractivity (Wildman–Crippen MR) is 85.4 cm³/mol. The fourth-order valence-electron chi connectivity index (χ4n) is 2.92. The van der Waals surface area contributed by atoms with Crippen LogP contribution in [0.5, 0.6) is 0 Å². The fourth-order valence-corrected chi connectivity index (χ4v) is 2.92. The number of amides is 3. The second-order valence-corrected chi connectivity index (χ2v) is 5.99. The number of urea groups is 1. The van der Waals surface area contributed by atoms with Crippen molar-refractivity contribution in [2.75, 3.05) is 6.54 Å². The van der Waals surface area contributed by atoms with Crippen molar-refractivity contribution in [1.29, 1.82) is 0 Å². The van der Waals surface area contributed by atoms with Crippen LogP contribution >= 0.6 is 0 Å². The number of carbonyl (C=O) groups is 2. The van der Waals surface area contributed by atoms with Gasteiger partial charge in [-0.05, 0) is 24.6 Å². The molecule has 0 bridgehead atoms. The van der Waals surface area contributed by atoms with E-state index in [1.165, 1.54) is 6.07 Å². The van der Waals surface area contributed by atoms with Gasteiger partial charge in [-0.3, -0.25) is 9.69 Å². The minimum absolute atomic E-state index is 0.551. The summed E-state index contributed by atoms with van der Waals surface area (Å²) in [5.74, 6) is -2.48. The summed E-state index contributed by atoms with van der Waals surface area (Å²) in [5, 5.41) is 12.7. The molecule has 1 fully saturated rings. The lowest BCUT2D eigenvalue weighted by Gasteiger charge is -2.23. The number of aliphatic hydroxyl groups is 1. The van der Waals surface area contributed by atoms with Crippen LogP contribution in [0.3, 0.4) is 0 Å². The first-order valence-electron chi connectivity index (χ1n) is 7.66. The monoisotopic (exact) mass is 346 g/mol. The average Bonchev–Trinajstić information content (AvgIpc) is 2.80. The maximum absolute atomic E-state index is 13.8. The number of β-amino-alcohol motifs (C(OH)–C–C–N with tert-alkyl or cyclic N) is 1. The van der Waals surface area contributed by atoms with Crippen LogP contribution in [0.2, 0.25) is 0 Å². The third-order valence-corrected chi connectivity index (χ3v) is 4.31. The minimum atomic E-state index is -1.67. The van der Waals surface area contributed by atoms with E-state index in [1.54, 1.807) is 37.3 Å². The van der Waals surface area contributed by atoms with Crippen molar-refractivity contribution < 1.29 is 23.5 Å². The number of benzene rings is 2. The van der Waals surface area contributed by atoms with Gasteiger partial charge in [0.15, 0.2) is 0 Å². The molecule has 0 aromatic heterocycles. The molecule has 0 saturated carbocycles. The number of imide groups is 1. The number of nitrogens with zero attached hydrogens (tertiary/aromatic N) is 1. The number of carbonyl (C=O) groups excluding carboxylic acids is 2. The first-order chi connectivity index (χ1) is 11.8. The first kappa shape index (κ1) is 17.0. The Labute approximate surface area is 142 Å². The molecule has 0 aliphatic carbocycles. The molecule has 0 radical (unpaired) electrons. The second-order valence-electron chi connectivity index (χ2n) is 5.99. The molecule has 1 saturated heterocycles. The standard InChI is InChI=1S/C18H16F2N2O3/c1-18(11-6-3-2-4-7-11)16(24)22(17(25)21-18)10-14(23)15-12(19)8-5-9-13(15)20/h2-9,14,23H,10H2,1H3,(H,21,25). The Hall–Kier alpha value is -2.80. The molecule has 2 unspecified atom stereocenters. The Morgan fingerprint density at radius 2 is 1.68 bits per heavy atom. The number of hydrogen-bond acceptors (Lipinski definition) is 3. The van der Waals surface area contributed by atoms with Gasteiger partial charge < -0.3 is 10.4 Å². The zero-order valence-electron chi connectivity index (χ0n) is 13.4. The molecule has 2 N–H and O–H groups in total. The lowest BCUT2D eigenvalue weighted by Crippen LogP contribution is -2.41. The van der Waals surface area contributed by atoms with Crippen molar-refractivity contribution >= 4 is 11.9 Å². The van der Waals surface area contributed by atoms with Gasteiger partial charge in [-0.2, -0.15) is 0 Å². The van der Waals surface area contributed by atoms with E-state index >= 15 is 0 Å². The fraction of sp³-hybridized carbons (Fsp3) is 0.222. The summed E-state index contributed by atoms with van der Waals surface area (Å²) < 4.78 is 27.6. The van der Waals surface area contributed by atoms with Crippen molar-refractivity contribution in [2.45, 2.75) is 18.6 Å². The second kappa shape index (κ2) is 6.25. The van der Waals surface area contributed by atoms with Gasteiger partial charge in [0.2, 0.25) is 0 Å². The summed E-state index contributed by atoms with van der Waals surface area (Å²) in [6, 6.07) is 11.1. The van der Waals surface area contributed by atoms with E-state index in [0.717, 1.165) is 17.0 Å². The third-order valence-electron chi connectivity index (χ3n) is 4.31. The zero-order valence-corrected chi connectivity index (χ0v) is 13.4. The van der Waals surface area contributed by atoms with Gasteiger partial charge in [0.1, 0.15) is 23.3 Å². The molecule has 0 spiro atoms. The summed E-state index contributed by atoms with van der Waals surface area (Å²) in [4.78, 5) is 25.7. The topological polar surface area (TPSA) is 69.6 Å². The van der Waals surface area contributed by atoms with Crippen LogP contribution in [0.15, 0.2) is 48.5 Å². The number of aliphatic hydroxyl groups excluding tert-OH is 1. The Morgan fingerprint density at radius 3 is 2.28 bits per heavy atom. The van der Waals surface area contributed by atoms with Crippen LogP contribution in [-0.2, 0) is 10.3 Å². The molecule has 2 aromatic carbocycles. The predicted octanol–water partition coefficient (Wildman–Crippen LogP) is 2.47. The van der Waals surface area contributed by atoms with E-state index in [2.05, 4.69) is 5.32 Å². The Kier molecular flexibility index (Phi) is 4.26. The van der Waals surface area contributed by atoms with Crippen LogP contribution in [-0.4, -0.2) is 28.5 Å². The summed E-state index contributed by atoms with van der Waals surface area (Å²) in [6.45, 7) is 0.990. The number of nitrogens with one attached hydrogen (secondary N) is 1. The van der Waals surface area contributed by atoms with Gasteiger partial charge in [0, 0.05) is 0 Å². The van der Waals surface area contributed by atoms with Crippen molar-refractivity contribution in [3.05, 3.63) is 71.3 Å². The highest BCUT2D eigenvalue weighted by molar-refractivity contribution is 6.07. The van der Waals surface area contributed by atoms with Crippen LogP contribution in [0, 0.1) is 11.6 Å². The van der Waals surface area contributed by atoms with Crippen LogP contribution < -0.4 is 5.32 Å². The van der Waals surface area contributed by atoms with Gasteiger partial charge in [0.05, 0.1) is 12.1 Å². The van der Waals surface area contributed by atoms with E-state index in [4.69, 9.17) is 0 Å². The van der Waals surface area contributed by atoms with Gasteiger partial charge in [-0.15, -0.1) is 0 Å². The van der Waals surface area contributed by atoms with Crippen molar-refractivity contribution in [1.82, 2.24) is 10.2 Å². The molecular formula is C18H16F2N2O3. The minimum Gasteiger partial charge on any atom is -0.386 e. The van der Waals surface area contributed by atoms with Gasteiger partial charge in [-0.1, -0.05) is 36.4 Å². The molecule has 1 aliphatic heterocycles. The highest BCUT2D eigenvalue weighted by atomic mass is 19.1. The smallest absolute Gasteiger partial charge is 0.325 e. The van der Waals surface area contributed by atoms with Crippen LogP contribution in [0.4, 0.5) is 13.6 Å². The third kappa shape index (κ3) is 2.87. The average molecular weight is 346 g/mol. The van der Waals surface area contributed by atoms with E-state index in [-0.39, 0.29) is 0 Å². The normalized spacial score (nSPS) is 21.4. The quantitative estimate of drug-likeness (QED) is 0.836. The highest BCUT2D eigenvalue weighted by Gasteiger charge is 2.49. The molecular weight excluding hydrogens is 330 g/mol. The van der Waals surface area contributed by atoms with Crippen LogP contribution in [0.25, 0.3) is 0 Å². The highest BCUT2D eigenvalue weighted by Crippen LogP contribution is 2.30. The van der Waals surface area contributed by atoms with E-state index in [1.807, 2.05) is 0 Å². The molecule has 7 heteroatoms. The van der Waals surface area contributed by atoms with E-state index < -0.39 is 47.3 Å². The molecule has 5 nitrogen and oxygen atoms in total.